The van der Waals surface area contributed by atoms with Crippen molar-refractivity contribution in [2.45, 2.75) is 126 Å². The van der Waals surface area contributed by atoms with Gasteiger partial charge in [-0.05, 0) is 117 Å². The van der Waals surface area contributed by atoms with Gasteiger partial charge in [0.1, 0.15) is 0 Å². The first-order valence-corrected chi connectivity index (χ1v) is 13.3. The topological polar surface area (TPSA) is 0 Å². The number of hydrogen-bond donors (Lipinski definition) is 0. The smallest absolute Gasteiger partial charge is 0.00539 e. The monoisotopic (exact) mass is 410 g/mol. The predicted molar refractivity (Wildman–Crippen MR) is 131 cm³/mol. The molecule has 4 aliphatic carbocycles. The van der Waals surface area contributed by atoms with Gasteiger partial charge in [0.25, 0.3) is 0 Å². The van der Waals surface area contributed by atoms with Crippen molar-refractivity contribution in [1.29, 1.82) is 0 Å². The van der Waals surface area contributed by atoms with E-state index in [2.05, 4.69) is 61.5 Å². The quantitative estimate of drug-likeness (QED) is 0.405. The third kappa shape index (κ3) is 3.21. The molecule has 0 bridgehead atoms. The van der Waals surface area contributed by atoms with Crippen LogP contribution >= 0.6 is 0 Å². The molecule has 0 aromatic carbocycles. The van der Waals surface area contributed by atoms with Crippen LogP contribution in [0.5, 0.6) is 0 Å². The summed E-state index contributed by atoms with van der Waals surface area (Å²) in [6.45, 7) is 20.4. The molecular weight excluding hydrogens is 360 g/mol. The summed E-state index contributed by atoms with van der Waals surface area (Å²) in [5, 5.41) is 0. The van der Waals surface area contributed by atoms with Crippen LogP contribution in [0.1, 0.15) is 126 Å². The van der Waals surface area contributed by atoms with Gasteiger partial charge in [-0.25, -0.2) is 0 Å². The van der Waals surface area contributed by atoms with Crippen molar-refractivity contribution >= 4 is 0 Å². The van der Waals surface area contributed by atoms with Gasteiger partial charge in [0.05, 0.1) is 0 Å². The molecule has 0 heteroatoms. The summed E-state index contributed by atoms with van der Waals surface area (Å²) in [6, 6.07) is 0. The summed E-state index contributed by atoms with van der Waals surface area (Å²) < 4.78 is 0. The molecule has 0 nitrogen and oxygen atoms in total. The minimum absolute atomic E-state index is 0.464. The van der Waals surface area contributed by atoms with Gasteiger partial charge < -0.3 is 0 Å². The average Bonchev–Trinajstić information content (AvgIpc) is 2.99. The molecular formula is C30H50. The normalized spacial score (nSPS) is 43.5. The molecule has 0 amide bonds. The van der Waals surface area contributed by atoms with Crippen LogP contribution in [-0.4, -0.2) is 0 Å². The van der Waals surface area contributed by atoms with Gasteiger partial charge in [0.15, 0.2) is 0 Å². The zero-order chi connectivity index (χ0) is 21.9. The number of hydrogen-bond acceptors (Lipinski definition) is 0. The first-order valence-electron chi connectivity index (χ1n) is 13.3. The third-order valence-corrected chi connectivity index (χ3v) is 11.4. The Morgan fingerprint density at radius 2 is 1.67 bits per heavy atom. The average molecular weight is 411 g/mol. The van der Waals surface area contributed by atoms with E-state index >= 15 is 0 Å². The number of fused-ring (bicyclic) bond motifs is 5. The zero-order valence-corrected chi connectivity index (χ0v) is 21.6. The van der Waals surface area contributed by atoms with Crippen molar-refractivity contribution < 1.29 is 0 Å². The second-order valence-corrected chi connectivity index (χ2v) is 13.5. The van der Waals surface area contributed by atoms with Crippen LogP contribution in [-0.2, 0) is 0 Å². The molecule has 0 saturated heterocycles. The maximum atomic E-state index is 2.75. The first-order chi connectivity index (χ1) is 14.0. The minimum atomic E-state index is 0.464. The Bertz CT molecular complexity index is 731. The molecule has 0 heterocycles. The maximum Gasteiger partial charge on any atom is -0.00539 e. The van der Waals surface area contributed by atoms with Crippen molar-refractivity contribution in [3.63, 3.8) is 0 Å². The molecule has 4 rings (SSSR count). The Kier molecular flexibility index (Phi) is 5.68. The summed E-state index contributed by atoms with van der Waals surface area (Å²) in [7, 11) is 0. The molecule has 0 spiro atoms. The van der Waals surface area contributed by atoms with Gasteiger partial charge in [0.2, 0.25) is 0 Å². The van der Waals surface area contributed by atoms with E-state index in [0.29, 0.717) is 21.7 Å². The van der Waals surface area contributed by atoms with Crippen molar-refractivity contribution in [3.8, 4) is 0 Å². The van der Waals surface area contributed by atoms with E-state index in [9.17, 15) is 0 Å². The summed E-state index contributed by atoms with van der Waals surface area (Å²) in [6.07, 6.45) is 18.1. The van der Waals surface area contributed by atoms with Gasteiger partial charge in [-0.1, -0.05) is 70.8 Å². The van der Waals surface area contributed by atoms with E-state index in [1.165, 1.54) is 76.2 Å². The molecule has 4 aliphatic rings. The summed E-state index contributed by atoms with van der Waals surface area (Å²) >= 11 is 0. The molecule has 0 N–H and O–H groups in total. The zero-order valence-electron chi connectivity index (χ0n) is 21.6. The van der Waals surface area contributed by atoms with Gasteiger partial charge in [0, 0.05) is 0 Å². The third-order valence-electron chi connectivity index (χ3n) is 11.4. The van der Waals surface area contributed by atoms with Crippen molar-refractivity contribution in [3.05, 3.63) is 22.8 Å². The van der Waals surface area contributed by atoms with Crippen LogP contribution in [0.4, 0.5) is 0 Å². The fraction of sp³-hybridized carbons (Fsp3) is 0.867. The number of rotatable bonds is 4. The largest absolute Gasteiger partial charge is 0.0859 e. The standard InChI is InChI=1S/C30H50/c1-21(2)11-9-12-22(3)23-15-19-29(7)24(23)13-14-26-28(6)18-10-17-27(4,5)25(28)16-20-30(26,29)8/h11,22,25-26H,9-10,12-20H2,1-8H3. The lowest BCUT2D eigenvalue weighted by Gasteiger charge is -2.68. The SMILES string of the molecule is CC(C)=CCCC(C)C1=C2CCC3C4(C)CCCC(C)(C)C4CCC3(C)C2(C)CC1. The minimum Gasteiger partial charge on any atom is -0.0859 e. The molecule has 170 valence electrons. The second kappa shape index (κ2) is 7.52. The Hall–Kier alpha value is -0.520. The van der Waals surface area contributed by atoms with E-state index < -0.39 is 0 Å². The van der Waals surface area contributed by atoms with Crippen molar-refractivity contribution in [2.75, 3.05) is 0 Å². The molecule has 6 unspecified atom stereocenters. The lowest BCUT2D eigenvalue weighted by molar-refractivity contribution is -0.173. The van der Waals surface area contributed by atoms with Gasteiger partial charge in [-0.3, -0.25) is 0 Å². The molecule has 3 fully saturated rings. The van der Waals surface area contributed by atoms with E-state index in [1.54, 1.807) is 0 Å². The lowest BCUT2D eigenvalue weighted by Crippen LogP contribution is -2.60. The Morgan fingerprint density at radius 1 is 0.933 bits per heavy atom. The van der Waals surface area contributed by atoms with E-state index in [0.717, 1.165) is 17.8 Å². The molecule has 0 radical (unpaired) electrons. The van der Waals surface area contributed by atoms with Crippen LogP contribution in [0.2, 0.25) is 0 Å². The fourth-order valence-electron chi connectivity index (χ4n) is 9.69. The van der Waals surface area contributed by atoms with Crippen LogP contribution < -0.4 is 0 Å². The van der Waals surface area contributed by atoms with Gasteiger partial charge in [-0.2, -0.15) is 0 Å². The summed E-state index contributed by atoms with van der Waals surface area (Å²) in [5.74, 6) is 2.64. The van der Waals surface area contributed by atoms with Crippen LogP contribution in [0.3, 0.4) is 0 Å². The highest BCUT2D eigenvalue weighted by Crippen LogP contribution is 2.74. The lowest BCUT2D eigenvalue weighted by atomic mass is 9.36. The molecule has 0 aromatic rings. The number of allylic oxidation sites excluding steroid dienone is 4. The highest BCUT2D eigenvalue weighted by molar-refractivity contribution is 5.36. The Morgan fingerprint density at radius 3 is 2.37 bits per heavy atom. The van der Waals surface area contributed by atoms with Crippen LogP contribution in [0.15, 0.2) is 22.8 Å². The molecule has 30 heavy (non-hydrogen) atoms. The Balaban J connectivity index is 1.64. The van der Waals surface area contributed by atoms with Crippen LogP contribution in [0.25, 0.3) is 0 Å². The molecule has 0 aliphatic heterocycles. The van der Waals surface area contributed by atoms with Crippen molar-refractivity contribution in [1.82, 2.24) is 0 Å². The Labute approximate surface area is 188 Å². The van der Waals surface area contributed by atoms with E-state index in [-0.39, 0.29) is 0 Å². The second-order valence-electron chi connectivity index (χ2n) is 13.5. The highest BCUT2D eigenvalue weighted by Gasteiger charge is 2.65. The van der Waals surface area contributed by atoms with E-state index in [4.69, 9.17) is 0 Å². The van der Waals surface area contributed by atoms with Crippen molar-refractivity contribution in [2.24, 2.45) is 39.4 Å². The summed E-state index contributed by atoms with van der Waals surface area (Å²) in [5.41, 5.74) is 7.39. The molecule has 3 saturated carbocycles. The predicted octanol–water partition coefficient (Wildman–Crippen LogP) is 9.51. The molecule has 0 aromatic heterocycles. The maximum absolute atomic E-state index is 2.75. The summed E-state index contributed by atoms with van der Waals surface area (Å²) in [4.78, 5) is 0. The van der Waals surface area contributed by atoms with Gasteiger partial charge >= 0.3 is 0 Å². The van der Waals surface area contributed by atoms with Crippen LogP contribution in [0, 0.1) is 39.4 Å². The fourth-order valence-corrected chi connectivity index (χ4v) is 9.69. The first kappa shape index (κ1) is 22.7. The van der Waals surface area contributed by atoms with E-state index in [1.807, 2.05) is 11.1 Å². The van der Waals surface area contributed by atoms with Gasteiger partial charge in [-0.15, -0.1) is 0 Å². The molecule has 6 atom stereocenters. The highest BCUT2D eigenvalue weighted by atomic mass is 14.7.